The van der Waals surface area contributed by atoms with Crippen molar-refractivity contribution < 1.29 is 35.8 Å². The second-order valence-corrected chi connectivity index (χ2v) is 8.29. The van der Waals surface area contributed by atoms with Gasteiger partial charge in [-0.05, 0) is 58.4 Å². The van der Waals surface area contributed by atoms with Crippen molar-refractivity contribution >= 4 is 31.9 Å². The summed E-state index contributed by atoms with van der Waals surface area (Å²) < 4.78 is 88.7. The lowest BCUT2D eigenvalue weighted by molar-refractivity contribution is 0.413. The van der Waals surface area contributed by atoms with Crippen LogP contribution in [-0.2, 0) is 0 Å². The third kappa shape index (κ3) is 7.01. The molecule has 0 aromatic heterocycles. The van der Waals surface area contributed by atoms with Crippen LogP contribution in [0.5, 0.6) is 23.0 Å². The van der Waals surface area contributed by atoms with Crippen molar-refractivity contribution in [2.24, 2.45) is 0 Å². The van der Waals surface area contributed by atoms with Gasteiger partial charge in [0.05, 0.1) is 4.47 Å². The monoisotopic (exact) mass is 604 g/mol. The maximum Gasteiger partial charge on any atom is 0.201 e. The van der Waals surface area contributed by atoms with Gasteiger partial charge in [-0.3, -0.25) is 0 Å². The molecule has 0 aliphatic carbocycles. The van der Waals surface area contributed by atoms with Crippen LogP contribution in [0.1, 0.15) is 0 Å². The molecule has 0 radical (unpaired) electrons. The van der Waals surface area contributed by atoms with Crippen molar-refractivity contribution in [1.29, 1.82) is 0 Å². The maximum absolute atomic E-state index is 13.4. The van der Waals surface area contributed by atoms with Gasteiger partial charge in [-0.15, -0.1) is 0 Å². The van der Waals surface area contributed by atoms with E-state index >= 15 is 0 Å². The fourth-order valence-electron chi connectivity index (χ4n) is 2.52. The van der Waals surface area contributed by atoms with Crippen LogP contribution in [0.4, 0.5) is 26.3 Å². The maximum atomic E-state index is 13.4. The van der Waals surface area contributed by atoms with E-state index in [4.69, 9.17) is 9.47 Å². The molecule has 4 aromatic carbocycles. The van der Waals surface area contributed by atoms with Crippen LogP contribution < -0.4 is 9.47 Å². The normalized spacial score (nSPS) is 10.4. The van der Waals surface area contributed by atoms with Crippen LogP contribution in [0.15, 0.2) is 81.7 Å². The highest BCUT2D eigenvalue weighted by molar-refractivity contribution is 9.10. The lowest BCUT2D eigenvalue weighted by Gasteiger charge is -2.07. The van der Waals surface area contributed by atoms with Gasteiger partial charge < -0.3 is 9.47 Å². The van der Waals surface area contributed by atoms with Gasteiger partial charge in [-0.1, -0.05) is 28.1 Å². The van der Waals surface area contributed by atoms with Crippen molar-refractivity contribution in [2.45, 2.75) is 0 Å². The molecule has 4 aromatic rings. The van der Waals surface area contributed by atoms with Crippen LogP contribution in [0, 0.1) is 34.9 Å². The van der Waals surface area contributed by atoms with E-state index in [-0.39, 0.29) is 27.5 Å². The van der Waals surface area contributed by atoms with Crippen LogP contribution in [-0.4, -0.2) is 0 Å². The Balaban J connectivity index is 0.000000191. The molecule has 0 fully saturated rings. The minimum Gasteiger partial charge on any atom is -0.457 e. The zero-order valence-corrected chi connectivity index (χ0v) is 19.9. The number of hydrogen-bond acceptors (Lipinski definition) is 2. The lowest BCUT2D eigenvalue weighted by atomic mass is 10.3. The van der Waals surface area contributed by atoms with E-state index in [1.165, 1.54) is 48.5 Å². The molecule has 34 heavy (non-hydrogen) atoms. The number of benzene rings is 4. The Morgan fingerprint density at radius 2 is 1.09 bits per heavy atom. The first-order valence-electron chi connectivity index (χ1n) is 9.28. The van der Waals surface area contributed by atoms with Gasteiger partial charge in [0.2, 0.25) is 5.82 Å². The van der Waals surface area contributed by atoms with Crippen LogP contribution in [0.3, 0.4) is 0 Å². The highest BCUT2D eigenvalue weighted by Crippen LogP contribution is 2.30. The molecule has 0 spiro atoms. The third-order valence-electron chi connectivity index (χ3n) is 3.97. The zero-order valence-electron chi connectivity index (χ0n) is 16.8. The molecular weight excluding hydrogens is 594 g/mol. The quantitative estimate of drug-likeness (QED) is 0.131. The minimum atomic E-state index is -1.11. The number of ether oxygens (including phenoxy) is 2. The number of rotatable bonds is 4. The molecule has 0 amide bonds. The Morgan fingerprint density at radius 1 is 0.529 bits per heavy atom. The van der Waals surface area contributed by atoms with Gasteiger partial charge in [0.1, 0.15) is 28.9 Å². The van der Waals surface area contributed by atoms with E-state index < -0.39 is 34.9 Å². The van der Waals surface area contributed by atoms with Crippen molar-refractivity contribution in [3.8, 4) is 23.0 Å². The molecule has 4 rings (SSSR count). The standard InChI is InChI=1S/2C12H6BrF3O/c13-7-4-10(15)12(16)11(5-7)17-9-3-1-2-8(14)6-9;13-10-5-9(6-11(15)12(10)16)17-8-3-1-2-7(14)4-8/h2*1-6H. The third-order valence-corrected chi connectivity index (χ3v) is 5.01. The van der Waals surface area contributed by atoms with Gasteiger partial charge in [0.15, 0.2) is 23.2 Å². The first-order chi connectivity index (χ1) is 16.1. The van der Waals surface area contributed by atoms with Crippen molar-refractivity contribution in [1.82, 2.24) is 0 Å². The largest absolute Gasteiger partial charge is 0.457 e. The molecule has 0 atom stereocenters. The van der Waals surface area contributed by atoms with E-state index in [0.717, 1.165) is 24.3 Å². The summed E-state index contributed by atoms with van der Waals surface area (Å²) in [4.78, 5) is 0. The smallest absolute Gasteiger partial charge is 0.201 e. The first-order valence-corrected chi connectivity index (χ1v) is 10.9. The summed E-state index contributed by atoms with van der Waals surface area (Å²) in [6.45, 7) is 0. The second-order valence-electron chi connectivity index (χ2n) is 6.52. The number of hydrogen-bond donors (Lipinski definition) is 0. The van der Waals surface area contributed by atoms with E-state index in [9.17, 15) is 26.3 Å². The fourth-order valence-corrected chi connectivity index (χ4v) is 3.35. The number of halogens is 8. The average Bonchev–Trinajstić information content (AvgIpc) is 2.76. The van der Waals surface area contributed by atoms with Gasteiger partial charge in [0, 0.05) is 22.7 Å². The molecule has 0 heterocycles. The highest BCUT2D eigenvalue weighted by Gasteiger charge is 2.12. The zero-order chi connectivity index (χ0) is 24.8. The molecule has 176 valence electrons. The predicted octanol–water partition coefficient (Wildman–Crippen LogP) is 9.32. The lowest BCUT2D eigenvalue weighted by Crippen LogP contribution is -1.92. The van der Waals surface area contributed by atoms with Crippen molar-refractivity contribution in [2.75, 3.05) is 0 Å². The molecule has 0 aliphatic heterocycles. The van der Waals surface area contributed by atoms with E-state index in [1.54, 1.807) is 0 Å². The average molecular weight is 606 g/mol. The predicted molar refractivity (Wildman–Crippen MR) is 121 cm³/mol. The Morgan fingerprint density at radius 3 is 1.65 bits per heavy atom. The Labute approximate surface area is 207 Å². The summed E-state index contributed by atoms with van der Waals surface area (Å²) in [5.41, 5.74) is 0. The van der Waals surface area contributed by atoms with Gasteiger partial charge in [-0.2, -0.15) is 4.39 Å². The molecule has 2 nitrogen and oxygen atoms in total. The van der Waals surface area contributed by atoms with Crippen LogP contribution >= 0.6 is 31.9 Å². The SMILES string of the molecule is Fc1cccc(Oc2cc(Br)cc(F)c2F)c1.Fc1cccc(Oc2cc(F)c(F)c(Br)c2)c1. The summed E-state index contributed by atoms with van der Waals surface area (Å²) in [7, 11) is 0. The summed E-state index contributed by atoms with van der Waals surface area (Å²) >= 11 is 5.87. The molecular formula is C24H12Br2F6O2. The molecule has 0 aliphatic rings. The Kier molecular flexibility index (Phi) is 8.62. The Hall–Kier alpha value is -2.98. The van der Waals surface area contributed by atoms with Gasteiger partial charge >= 0.3 is 0 Å². The van der Waals surface area contributed by atoms with Gasteiger partial charge in [-0.25, -0.2) is 22.0 Å². The first kappa shape index (κ1) is 25.6. The summed E-state index contributed by atoms with van der Waals surface area (Å²) in [5.74, 6) is -5.07. The van der Waals surface area contributed by atoms with Crippen molar-refractivity contribution in [3.63, 3.8) is 0 Å². The summed E-state index contributed by atoms with van der Waals surface area (Å²) in [6.07, 6.45) is 0. The molecule has 0 bridgehead atoms. The molecule has 0 saturated heterocycles. The molecule has 10 heteroatoms. The summed E-state index contributed by atoms with van der Waals surface area (Å²) in [6, 6.07) is 15.0. The highest BCUT2D eigenvalue weighted by atomic mass is 79.9. The van der Waals surface area contributed by atoms with E-state index in [1.807, 2.05) is 0 Å². The van der Waals surface area contributed by atoms with E-state index in [0.29, 0.717) is 4.47 Å². The second kappa shape index (κ2) is 11.4. The van der Waals surface area contributed by atoms with Crippen molar-refractivity contribution in [3.05, 3.63) is 117 Å². The minimum absolute atomic E-state index is 0.0519. The van der Waals surface area contributed by atoms with E-state index in [2.05, 4.69) is 31.9 Å². The topological polar surface area (TPSA) is 18.5 Å². The molecule has 0 saturated carbocycles. The van der Waals surface area contributed by atoms with Gasteiger partial charge in [0.25, 0.3) is 0 Å². The molecule has 0 N–H and O–H groups in total. The summed E-state index contributed by atoms with van der Waals surface area (Å²) in [5, 5.41) is 0. The molecule has 0 unspecified atom stereocenters. The van der Waals surface area contributed by atoms with Crippen LogP contribution in [0.25, 0.3) is 0 Å². The van der Waals surface area contributed by atoms with Crippen LogP contribution in [0.2, 0.25) is 0 Å². The Bertz CT molecular complexity index is 1290. The fraction of sp³-hybridized carbons (Fsp3) is 0.